The molecule has 2 aromatic carbocycles. The molecule has 0 bridgehead atoms. The molecule has 0 saturated carbocycles. The van der Waals surface area contributed by atoms with Gasteiger partial charge in [0, 0.05) is 47.9 Å². The lowest BCUT2D eigenvalue weighted by Gasteiger charge is -2.17. The molecule has 34 heavy (non-hydrogen) atoms. The Morgan fingerprint density at radius 3 is 2.65 bits per heavy atom. The highest BCUT2D eigenvalue weighted by atomic mass is 19.1. The van der Waals surface area contributed by atoms with Crippen LogP contribution >= 0.6 is 0 Å². The summed E-state index contributed by atoms with van der Waals surface area (Å²) < 4.78 is 16.9. The molecule has 0 aliphatic carbocycles. The summed E-state index contributed by atoms with van der Waals surface area (Å²) in [7, 11) is 0. The highest BCUT2D eigenvalue weighted by Gasteiger charge is 2.24. The molecule has 0 unspecified atom stereocenters. The molecular weight excluding hydrogens is 429 g/mol. The Balaban J connectivity index is 1.46. The predicted molar refractivity (Wildman–Crippen MR) is 128 cm³/mol. The summed E-state index contributed by atoms with van der Waals surface area (Å²) in [5.41, 5.74) is 4.90. The van der Waals surface area contributed by atoms with Gasteiger partial charge in [-0.05, 0) is 48.9 Å². The van der Waals surface area contributed by atoms with Gasteiger partial charge in [0.05, 0.1) is 28.6 Å². The summed E-state index contributed by atoms with van der Waals surface area (Å²) in [4.78, 5) is 26.7. The molecule has 0 radical (unpaired) electrons. The number of halogens is 1. The van der Waals surface area contributed by atoms with E-state index in [0.717, 1.165) is 34.0 Å². The van der Waals surface area contributed by atoms with Gasteiger partial charge < -0.3 is 4.90 Å². The number of imidazole rings is 1. The maximum absolute atomic E-state index is 15.0. The van der Waals surface area contributed by atoms with Crippen LogP contribution in [0.3, 0.4) is 0 Å². The maximum Gasteiger partial charge on any atom is 0.227 e. The van der Waals surface area contributed by atoms with Crippen molar-refractivity contribution in [1.82, 2.24) is 19.5 Å². The molecule has 1 amide bonds. The molecule has 0 atom stereocenters. The number of carbonyl (C=O) groups is 1. The van der Waals surface area contributed by atoms with Gasteiger partial charge >= 0.3 is 0 Å². The fourth-order valence-corrected chi connectivity index (χ4v) is 4.32. The van der Waals surface area contributed by atoms with Gasteiger partial charge in [0.25, 0.3) is 0 Å². The van der Waals surface area contributed by atoms with Gasteiger partial charge in [0.2, 0.25) is 5.91 Å². The highest BCUT2D eigenvalue weighted by molar-refractivity contribution is 6.03. The van der Waals surface area contributed by atoms with Gasteiger partial charge in [-0.1, -0.05) is 11.8 Å². The van der Waals surface area contributed by atoms with E-state index in [-0.39, 0.29) is 5.91 Å². The Morgan fingerprint density at radius 2 is 1.85 bits per heavy atom. The molecule has 1 aliphatic heterocycles. The number of aromatic nitrogens is 4. The van der Waals surface area contributed by atoms with E-state index in [1.807, 2.05) is 41.0 Å². The number of pyridine rings is 2. The molecule has 3 aromatic heterocycles. The fourth-order valence-electron chi connectivity index (χ4n) is 4.32. The minimum Gasteiger partial charge on any atom is -0.310 e. The zero-order valence-corrected chi connectivity index (χ0v) is 18.1. The Kier molecular flexibility index (Phi) is 4.77. The van der Waals surface area contributed by atoms with Gasteiger partial charge in [0.1, 0.15) is 17.7 Å². The minimum atomic E-state index is -0.434. The summed E-state index contributed by atoms with van der Waals surface area (Å²) in [6.45, 7) is 0.544. The zero-order valence-electron chi connectivity index (χ0n) is 18.1. The summed E-state index contributed by atoms with van der Waals surface area (Å²) in [6, 6.07) is 14.5. The highest BCUT2D eigenvalue weighted by Crippen LogP contribution is 2.30. The van der Waals surface area contributed by atoms with Crippen molar-refractivity contribution >= 4 is 33.5 Å². The van der Waals surface area contributed by atoms with Crippen molar-refractivity contribution < 1.29 is 9.18 Å². The van der Waals surface area contributed by atoms with Crippen LogP contribution < -0.4 is 4.90 Å². The van der Waals surface area contributed by atoms with E-state index in [1.165, 1.54) is 11.0 Å². The number of hydrogen-bond acceptors (Lipinski definition) is 4. The lowest BCUT2D eigenvalue weighted by molar-refractivity contribution is -0.117. The third kappa shape index (κ3) is 3.46. The minimum absolute atomic E-state index is 0.0447. The van der Waals surface area contributed by atoms with Crippen LogP contribution in [-0.2, 0) is 4.79 Å². The molecule has 6 nitrogen and oxygen atoms in total. The molecule has 5 aromatic rings. The molecule has 164 valence electrons. The van der Waals surface area contributed by atoms with E-state index in [4.69, 9.17) is 0 Å². The van der Waals surface area contributed by atoms with E-state index in [9.17, 15) is 4.79 Å². The van der Waals surface area contributed by atoms with E-state index < -0.39 is 5.82 Å². The summed E-state index contributed by atoms with van der Waals surface area (Å²) in [5, 5.41) is 0.868. The average Bonchev–Trinajstić information content (AvgIpc) is 3.49. The van der Waals surface area contributed by atoms with Gasteiger partial charge in [0.15, 0.2) is 0 Å². The molecule has 6 rings (SSSR count). The molecular formula is C27H18FN5O. The summed E-state index contributed by atoms with van der Waals surface area (Å²) in [6.07, 6.45) is 8.01. The van der Waals surface area contributed by atoms with Crippen molar-refractivity contribution in [2.45, 2.75) is 12.8 Å². The second-order valence-electron chi connectivity index (χ2n) is 8.11. The van der Waals surface area contributed by atoms with Crippen molar-refractivity contribution in [1.29, 1.82) is 0 Å². The van der Waals surface area contributed by atoms with Crippen LogP contribution in [0.2, 0.25) is 0 Å². The van der Waals surface area contributed by atoms with Crippen molar-refractivity contribution in [2.75, 3.05) is 11.4 Å². The third-order valence-corrected chi connectivity index (χ3v) is 5.96. The summed E-state index contributed by atoms with van der Waals surface area (Å²) >= 11 is 0. The first-order valence-electron chi connectivity index (χ1n) is 11.0. The number of rotatable bonds is 2. The van der Waals surface area contributed by atoms with Crippen molar-refractivity contribution in [2.24, 2.45) is 0 Å². The van der Waals surface area contributed by atoms with E-state index >= 15 is 4.39 Å². The second kappa shape index (κ2) is 8.09. The van der Waals surface area contributed by atoms with E-state index in [1.54, 1.807) is 31.0 Å². The first kappa shape index (κ1) is 20.1. The van der Waals surface area contributed by atoms with E-state index in [2.05, 4.69) is 26.8 Å². The number of anilines is 1. The largest absolute Gasteiger partial charge is 0.310 e. The Morgan fingerprint density at radius 1 is 0.941 bits per heavy atom. The quantitative estimate of drug-likeness (QED) is 0.370. The Bertz CT molecular complexity index is 1630. The number of benzene rings is 2. The number of hydrogen-bond donors (Lipinski definition) is 0. The average molecular weight is 447 g/mol. The summed E-state index contributed by atoms with van der Waals surface area (Å²) in [5.74, 6) is 5.82. The topological polar surface area (TPSA) is 63.9 Å². The Labute approximate surface area is 194 Å². The SMILES string of the molecule is O=C1CCCN1c1ccc(-n2cnc3cnc4ccc(C#Cc5cccnc5)cc4c32)cc1F. The van der Waals surface area contributed by atoms with Crippen molar-refractivity contribution in [3.8, 4) is 17.5 Å². The van der Waals surface area contributed by atoms with E-state index in [0.29, 0.717) is 29.9 Å². The predicted octanol–water partition coefficient (Wildman–Crippen LogP) is 4.63. The molecule has 7 heteroatoms. The fraction of sp³-hybridized carbons (Fsp3) is 0.111. The van der Waals surface area contributed by atoms with Gasteiger partial charge in [-0.25, -0.2) is 9.37 Å². The second-order valence-corrected chi connectivity index (χ2v) is 8.11. The first-order valence-corrected chi connectivity index (χ1v) is 11.0. The van der Waals surface area contributed by atoms with Crippen LogP contribution in [0.4, 0.5) is 10.1 Å². The lowest BCUT2D eigenvalue weighted by atomic mass is 10.1. The van der Waals surface area contributed by atoms with Crippen molar-refractivity contribution in [3.63, 3.8) is 0 Å². The first-order chi connectivity index (χ1) is 16.7. The molecule has 1 fully saturated rings. The van der Waals surface area contributed by atoms with Crippen LogP contribution in [0.25, 0.3) is 27.6 Å². The van der Waals surface area contributed by atoms with Gasteiger partial charge in [-0.2, -0.15) is 0 Å². The van der Waals surface area contributed by atoms with Gasteiger partial charge in [-0.15, -0.1) is 0 Å². The third-order valence-electron chi connectivity index (χ3n) is 5.96. The number of carbonyl (C=O) groups excluding carboxylic acids is 1. The number of nitrogens with zero attached hydrogens (tertiary/aromatic N) is 5. The number of amides is 1. The molecule has 4 heterocycles. The normalized spacial score (nSPS) is 13.4. The van der Waals surface area contributed by atoms with Crippen LogP contribution in [0, 0.1) is 17.7 Å². The van der Waals surface area contributed by atoms with Crippen LogP contribution in [0.15, 0.2) is 73.4 Å². The van der Waals surface area contributed by atoms with Crippen LogP contribution in [-0.4, -0.2) is 32.0 Å². The Hall–Kier alpha value is -4.57. The molecule has 0 spiro atoms. The van der Waals surface area contributed by atoms with Crippen LogP contribution in [0.1, 0.15) is 24.0 Å². The molecule has 1 aliphatic rings. The van der Waals surface area contributed by atoms with Gasteiger partial charge in [-0.3, -0.25) is 19.3 Å². The standard InChI is InChI=1S/C27H18FN5O/c28-22-14-20(8-10-25(22)32-12-2-4-26(32)34)33-17-31-24-16-30-23-9-7-18(13-21(23)27(24)33)5-6-19-3-1-11-29-15-19/h1,3,7-11,13-17H,2,4,12H2. The smallest absolute Gasteiger partial charge is 0.227 e. The maximum atomic E-state index is 15.0. The molecule has 1 saturated heterocycles. The monoisotopic (exact) mass is 447 g/mol. The zero-order chi connectivity index (χ0) is 23.1. The molecule has 0 N–H and O–H groups in total. The lowest BCUT2D eigenvalue weighted by Crippen LogP contribution is -2.24. The van der Waals surface area contributed by atoms with Crippen LogP contribution in [0.5, 0.6) is 0 Å². The van der Waals surface area contributed by atoms with Crippen molar-refractivity contribution in [3.05, 3.63) is 90.4 Å². The number of fused-ring (bicyclic) bond motifs is 3.